The highest BCUT2D eigenvalue weighted by atomic mass is 32.2. The molecule has 1 N–H and O–H groups in total. The highest BCUT2D eigenvalue weighted by Gasteiger charge is 2.31. The van der Waals surface area contributed by atoms with Crippen molar-refractivity contribution in [2.45, 2.75) is 62.4 Å². The van der Waals surface area contributed by atoms with E-state index in [1.807, 2.05) is 4.90 Å². The Labute approximate surface area is 149 Å². The molecule has 0 aromatic heterocycles. The molecule has 1 heterocycles. The summed E-state index contributed by atoms with van der Waals surface area (Å²) in [7, 11) is -2.26. The van der Waals surface area contributed by atoms with Gasteiger partial charge in [0.15, 0.2) is 0 Å². The van der Waals surface area contributed by atoms with Crippen LogP contribution in [0.25, 0.3) is 0 Å². The third-order valence-electron chi connectivity index (χ3n) is 4.96. The SMILES string of the molecule is CC[C@H]1CCCCN1C(=O)c1ccc(OC)c(S(=O)(=O)NC2CC2)c1. The van der Waals surface area contributed by atoms with Crippen LogP contribution < -0.4 is 9.46 Å². The van der Waals surface area contributed by atoms with E-state index in [1.165, 1.54) is 13.2 Å². The van der Waals surface area contributed by atoms with Crippen molar-refractivity contribution in [3.05, 3.63) is 23.8 Å². The van der Waals surface area contributed by atoms with Crippen LogP contribution in [0.15, 0.2) is 23.1 Å². The van der Waals surface area contributed by atoms with Gasteiger partial charge in [-0.1, -0.05) is 6.92 Å². The molecule has 1 amide bonds. The quantitative estimate of drug-likeness (QED) is 0.839. The topological polar surface area (TPSA) is 75.7 Å². The smallest absolute Gasteiger partial charge is 0.254 e. The van der Waals surface area contributed by atoms with Gasteiger partial charge in [0.05, 0.1) is 7.11 Å². The zero-order valence-electron chi connectivity index (χ0n) is 14.8. The Morgan fingerprint density at radius 3 is 2.68 bits per heavy atom. The highest BCUT2D eigenvalue weighted by Crippen LogP contribution is 2.29. The van der Waals surface area contributed by atoms with E-state index in [0.29, 0.717) is 5.56 Å². The molecule has 1 saturated heterocycles. The molecule has 1 aromatic carbocycles. The van der Waals surface area contributed by atoms with Crippen LogP contribution in [-0.4, -0.2) is 45.0 Å². The second-order valence-corrected chi connectivity index (χ2v) is 8.50. The maximum atomic E-state index is 13.0. The third kappa shape index (κ3) is 3.98. The van der Waals surface area contributed by atoms with Gasteiger partial charge >= 0.3 is 0 Å². The molecule has 0 unspecified atom stereocenters. The van der Waals surface area contributed by atoms with Gasteiger partial charge in [0.1, 0.15) is 10.6 Å². The molecule has 7 heteroatoms. The van der Waals surface area contributed by atoms with E-state index >= 15 is 0 Å². The number of rotatable bonds is 6. The number of nitrogens with zero attached hydrogens (tertiary/aromatic N) is 1. The summed E-state index contributed by atoms with van der Waals surface area (Å²) in [5, 5.41) is 0. The number of amides is 1. The summed E-state index contributed by atoms with van der Waals surface area (Å²) in [5.74, 6) is 0.160. The normalized spacial score (nSPS) is 21.2. The second kappa shape index (κ2) is 7.33. The summed E-state index contributed by atoms with van der Waals surface area (Å²) in [5.41, 5.74) is 0.400. The van der Waals surface area contributed by atoms with E-state index in [9.17, 15) is 13.2 Å². The summed E-state index contributed by atoms with van der Waals surface area (Å²) in [6.45, 7) is 2.81. The number of nitrogens with one attached hydrogen (secondary N) is 1. The van der Waals surface area contributed by atoms with Gasteiger partial charge in [-0.2, -0.15) is 0 Å². The molecule has 138 valence electrons. The van der Waals surface area contributed by atoms with Crippen LogP contribution in [0, 0.1) is 0 Å². The molecule has 0 radical (unpaired) electrons. The van der Waals surface area contributed by atoms with E-state index < -0.39 is 10.0 Å². The zero-order valence-corrected chi connectivity index (χ0v) is 15.6. The first-order valence-corrected chi connectivity index (χ1v) is 10.5. The largest absolute Gasteiger partial charge is 0.495 e. The van der Waals surface area contributed by atoms with E-state index in [1.54, 1.807) is 12.1 Å². The minimum absolute atomic E-state index is 0.000583. The number of benzene rings is 1. The second-order valence-electron chi connectivity index (χ2n) is 6.82. The summed E-state index contributed by atoms with van der Waals surface area (Å²) in [6.07, 6.45) is 5.75. The Balaban J connectivity index is 1.91. The Morgan fingerprint density at radius 2 is 2.04 bits per heavy atom. The van der Waals surface area contributed by atoms with Gasteiger partial charge in [-0.05, 0) is 56.7 Å². The summed E-state index contributed by atoms with van der Waals surface area (Å²) < 4.78 is 33.1. The van der Waals surface area contributed by atoms with E-state index in [0.717, 1.165) is 45.1 Å². The number of carbonyl (C=O) groups excluding carboxylic acids is 1. The van der Waals surface area contributed by atoms with Gasteiger partial charge in [0.25, 0.3) is 5.91 Å². The Kier molecular flexibility index (Phi) is 5.34. The zero-order chi connectivity index (χ0) is 18.0. The fourth-order valence-corrected chi connectivity index (χ4v) is 4.86. The molecule has 2 aliphatic rings. The van der Waals surface area contributed by atoms with Gasteiger partial charge in [-0.25, -0.2) is 13.1 Å². The lowest BCUT2D eigenvalue weighted by atomic mass is 9.99. The lowest BCUT2D eigenvalue weighted by Gasteiger charge is -2.35. The van der Waals surface area contributed by atoms with Crippen LogP contribution in [0.4, 0.5) is 0 Å². The number of hydrogen-bond acceptors (Lipinski definition) is 4. The van der Waals surface area contributed by atoms with Gasteiger partial charge in [-0.3, -0.25) is 4.79 Å². The van der Waals surface area contributed by atoms with Crippen LogP contribution >= 0.6 is 0 Å². The van der Waals surface area contributed by atoms with Crippen LogP contribution in [0.1, 0.15) is 55.8 Å². The predicted molar refractivity (Wildman–Crippen MR) is 95.3 cm³/mol. The van der Waals surface area contributed by atoms with Crippen LogP contribution in [0.5, 0.6) is 5.75 Å². The standard InChI is InChI=1S/C18H26N2O4S/c1-3-15-6-4-5-11-20(15)18(21)13-7-10-16(24-2)17(12-13)25(22,23)19-14-8-9-14/h7,10,12,14-15,19H,3-6,8-9,11H2,1-2H3/t15-/m0/s1. The summed E-state index contributed by atoms with van der Waals surface area (Å²) in [4.78, 5) is 14.9. The first-order valence-electron chi connectivity index (χ1n) is 8.97. The average Bonchev–Trinajstić information content (AvgIpc) is 3.43. The minimum Gasteiger partial charge on any atom is -0.495 e. The van der Waals surface area contributed by atoms with Crippen molar-refractivity contribution < 1.29 is 17.9 Å². The number of likely N-dealkylation sites (tertiary alicyclic amines) is 1. The Bertz CT molecular complexity index is 743. The van der Waals surface area contributed by atoms with Crippen LogP contribution in [0.3, 0.4) is 0 Å². The maximum absolute atomic E-state index is 13.0. The number of piperidine rings is 1. The molecule has 0 spiro atoms. The number of sulfonamides is 1. The lowest BCUT2D eigenvalue weighted by Crippen LogP contribution is -2.43. The number of hydrogen-bond donors (Lipinski definition) is 1. The summed E-state index contributed by atoms with van der Waals surface area (Å²) in [6, 6.07) is 4.90. The van der Waals surface area contributed by atoms with Gasteiger partial charge < -0.3 is 9.64 Å². The first kappa shape index (κ1) is 18.2. The molecule has 1 atom stereocenters. The van der Waals surface area contributed by atoms with E-state index in [4.69, 9.17) is 4.74 Å². The third-order valence-corrected chi connectivity index (χ3v) is 6.50. The molecule has 1 aromatic rings. The first-order chi connectivity index (χ1) is 12.0. The van der Waals surface area contributed by atoms with Gasteiger partial charge in [-0.15, -0.1) is 0 Å². The molecule has 3 rings (SSSR count). The summed E-state index contributed by atoms with van der Waals surface area (Å²) >= 11 is 0. The van der Waals surface area contributed by atoms with E-state index in [-0.39, 0.29) is 28.6 Å². The highest BCUT2D eigenvalue weighted by molar-refractivity contribution is 7.89. The monoisotopic (exact) mass is 366 g/mol. The van der Waals surface area contributed by atoms with Crippen molar-refractivity contribution in [2.24, 2.45) is 0 Å². The number of carbonyl (C=O) groups is 1. The lowest BCUT2D eigenvalue weighted by molar-refractivity contribution is 0.0607. The van der Waals surface area contributed by atoms with Crippen LogP contribution in [0.2, 0.25) is 0 Å². The van der Waals surface area contributed by atoms with E-state index in [2.05, 4.69) is 11.6 Å². The van der Waals surface area contributed by atoms with Crippen LogP contribution in [-0.2, 0) is 10.0 Å². The molecule has 1 aliphatic carbocycles. The van der Waals surface area contributed by atoms with Crippen molar-refractivity contribution in [1.82, 2.24) is 9.62 Å². The van der Waals surface area contributed by atoms with Crippen molar-refractivity contribution in [2.75, 3.05) is 13.7 Å². The molecule has 2 fully saturated rings. The minimum atomic E-state index is -3.69. The van der Waals surface area contributed by atoms with Gasteiger partial charge in [0, 0.05) is 24.2 Å². The molecule has 1 saturated carbocycles. The van der Waals surface area contributed by atoms with Crippen molar-refractivity contribution in [3.8, 4) is 5.75 Å². The van der Waals surface area contributed by atoms with Gasteiger partial charge in [0.2, 0.25) is 10.0 Å². The molecule has 0 bridgehead atoms. The predicted octanol–water partition coefficient (Wildman–Crippen LogP) is 2.54. The number of methoxy groups -OCH3 is 1. The Hall–Kier alpha value is -1.60. The van der Waals surface area contributed by atoms with Crippen molar-refractivity contribution >= 4 is 15.9 Å². The maximum Gasteiger partial charge on any atom is 0.254 e. The Morgan fingerprint density at radius 1 is 1.28 bits per heavy atom. The molecule has 1 aliphatic heterocycles. The molecule has 25 heavy (non-hydrogen) atoms. The van der Waals surface area contributed by atoms with Crippen molar-refractivity contribution in [3.63, 3.8) is 0 Å². The molecular weight excluding hydrogens is 340 g/mol. The number of ether oxygens (including phenoxy) is 1. The molecule has 6 nitrogen and oxygen atoms in total. The van der Waals surface area contributed by atoms with Crippen molar-refractivity contribution in [1.29, 1.82) is 0 Å². The fraction of sp³-hybridized carbons (Fsp3) is 0.611. The fourth-order valence-electron chi connectivity index (χ4n) is 3.36. The average molecular weight is 366 g/mol. The molecular formula is C18H26N2O4S.